The second kappa shape index (κ2) is 9.97. The molecule has 26 heavy (non-hydrogen) atoms. The zero-order chi connectivity index (χ0) is 18.9. The Bertz CT molecular complexity index is 668. The summed E-state index contributed by atoms with van der Waals surface area (Å²) in [5.41, 5.74) is 2.33. The molecule has 0 radical (unpaired) electrons. The molecule has 0 aromatic heterocycles. The Balaban J connectivity index is 1.93. The fraction of sp³-hybridized carbons (Fsp3) is 0.409. The summed E-state index contributed by atoms with van der Waals surface area (Å²) in [6.07, 6.45) is 0. The highest BCUT2D eigenvalue weighted by atomic mass is 16.5. The van der Waals surface area contributed by atoms with Crippen molar-refractivity contribution in [2.24, 2.45) is 0 Å². The zero-order valence-corrected chi connectivity index (χ0v) is 16.3. The summed E-state index contributed by atoms with van der Waals surface area (Å²) < 4.78 is 5.46. The van der Waals surface area contributed by atoms with Gasteiger partial charge in [-0.15, -0.1) is 0 Å². The predicted octanol–water partition coefficient (Wildman–Crippen LogP) is 3.95. The SMILES string of the molecule is CCOc1ccc(CN(C)C(=O)CN(Cc2ccccc2)C(C)C)cc1. The molecule has 0 spiro atoms. The third kappa shape index (κ3) is 6.19. The molecular weight excluding hydrogens is 324 g/mol. The van der Waals surface area contributed by atoms with E-state index in [1.807, 2.05) is 56.4 Å². The van der Waals surface area contributed by atoms with Crippen LogP contribution in [0.2, 0.25) is 0 Å². The molecule has 2 aromatic carbocycles. The van der Waals surface area contributed by atoms with E-state index in [1.54, 1.807) is 4.90 Å². The van der Waals surface area contributed by atoms with Crippen LogP contribution >= 0.6 is 0 Å². The van der Waals surface area contributed by atoms with E-state index in [2.05, 4.69) is 30.9 Å². The summed E-state index contributed by atoms with van der Waals surface area (Å²) >= 11 is 0. The average molecular weight is 354 g/mol. The van der Waals surface area contributed by atoms with E-state index in [1.165, 1.54) is 5.56 Å². The van der Waals surface area contributed by atoms with Gasteiger partial charge in [-0.1, -0.05) is 42.5 Å². The van der Waals surface area contributed by atoms with Crippen LogP contribution in [0, 0.1) is 0 Å². The first kappa shape index (κ1) is 20.0. The first-order chi connectivity index (χ1) is 12.5. The van der Waals surface area contributed by atoms with Crippen LogP contribution in [0.5, 0.6) is 5.75 Å². The molecule has 0 aliphatic heterocycles. The number of likely N-dealkylation sites (N-methyl/N-ethyl adjacent to an activating group) is 1. The molecule has 0 fully saturated rings. The molecule has 0 aliphatic carbocycles. The van der Waals surface area contributed by atoms with Crippen molar-refractivity contribution >= 4 is 5.91 Å². The van der Waals surface area contributed by atoms with Crippen molar-refractivity contribution in [3.8, 4) is 5.75 Å². The Morgan fingerprint density at radius 3 is 2.15 bits per heavy atom. The molecule has 140 valence electrons. The van der Waals surface area contributed by atoms with E-state index in [4.69, 9.17) is 4.74 Å². The molecule has 4 nitrogen and oxygen atoms in total. The van der Waals surface area contributed by atoms with Crippen molar-refractivity contribution in [1.82, 2.24) is 9.80 Å². The number of ether oxygens (including phenoxy) is 1. The molecule has 0 saturated carbocycles. The molecule has 0 N–H and O–H groups in total. The molecule has 0 unspecified atom stereocenters. The Morgan fingerprint density at radius 2 is 1.58 bits per heavy atom. The normalized spacial score (nSPS) is 11.0. The molecule has 2 aromatic rings. The van der Waals surface area contributed by atoms with Crippen LogP contribution in [-0.4, -0.2) is 41.9 Å². The maximum Gasteiger partial charge on any atom is 0.236 e. The van der Waals surface area contributed by atoms with Crippen LogP contribution in [0.3, 0.4) is 0 Å². The third-order valence-electron chi connectivity index (χ3n) is 4.38. The lowest BCUT2D eigenvalue weighted by molar-refractivity contribution is -0.132. The van der Waals surface area contributed by atoms with Crippen LogP contribution in [-0.2, 0) is 17.9 Å². The fourth-order valence-electron chi connectivity index (χ4n) is 2.75. The van der Waals surface area contributed by atoms with Gasteiger partial charge >= 0.3 is 0 Å². The fourth-order valence-corrected chi connectivity index (χ4v) is 2.75. The molecule has 4 heteroatoms. The third-order valence-corrected chi connectivity index (χ3v) is 4.38. The lowest BCUT2D eigenvalue weighted by atomic mass is 10.2. The van der Waals surface area contributed by atoms with Gasteiger partial charge in [-0.05, 0) is 44.0 Å². The molecule has 0 bridgehead atoms. The van der Waals surface area contributed by atoms with E-state index < -0.39 is 0 Å². The largest absolute Gasteiger partial charge is 0.494 e. The topological polar surface area (TPSA) is 32.8 Å². The molecule has 0 heterocycles. The van der Waals surface area contributed by atoms with Gasteiger partial charge in [-0.3, -0.25) is 9.69 Å². The van der Waals surface area contributed by atoms with Gasteiger partial charge in [0.25, 0.3) is 0 Å². The molecule has 1 amide bonds. The number of nitrogens with zero attached hydrogens (tertiary/aromatic N) is 2. The van der Waals surface area contributed by atoms with Crippen LogP contribution in [0.4, 0.5) is 0 Å². The van der Waals surface area contributed by atoms with Crippen LogP contribution in [0.15, 0.2) is 54.6 Å². The smallest absolute Gasteiger partial charge is 0.236 e. The number of carbonyl (C=O) groups excluding carboxylic acids is 1. The minimum Gasteiger partial charge on any atom is -0.494 e. The van der Waals surface area contributed by atoms with Gasteiger partial charge in [0, 0.05) is 26.2 Å². The number of hydrogen-bond donors (Lipinski definition) is 0. The van der Waals surface area contributed by atoms with Gasteiger partial charge in [0.1, 0.15) is 5.75 Å². The molecule has 0 atom stereocenters. The minimum absolute atomic E-state index is 0.128. The number of benzene rings is 2. The number of hydrogen-bond acceptors (Lipinski definition) is 3. The summed E-state index contributed by atoms with van der Waals surface area (Å²) in [5, 5.41) is 0. The van der Waals surface area contributed by atoms with Gasteiger partial charge in [0.15, 0.2) is 0 Å². The molecule has 0 saturated heterocycles. The van der Waals surface area contributed by atoms with E-state index in [9.17, 15) is 4.79 Å². The summed E-state index contributed by atoms with van der Waals surface area (Å²) in [7, 11) is 1.86. The van der Waals surface area contributed by atoms with Crippen LogP contribution in [0.1, 0.15) is 31.9 Å². The monoisotopic (exact) mass is 354 g/mol. The first-order valence-electron chi connectivity index (χ1n) is 9.23. The summed E-state index contributed by atoms with van der Waals surface area (Å²) in [6, 6.07) is 18.5. The van der Waals surface area contributed by atoms with Crippen molar-refractivity contribution in [3.05, 3.63) is 65.7 Å². The van der Waals surface area contributed by atoms with Crippen molar-refractivity contribution in [3.63, 3.8) is 0 Å². The average Bonchev–Trinajstić information content (AvgIpc) is 2.63. The zero-order valence-electron chi connectivity index (χ0n) is 16.3. The first-order valence-corrected chi connectivity index (χ1v) is 9.23. The Kier molecular flexibility index (Phi) is 7.67. The van der Waals surface area contributed by atoms with Gasteiger partial charge in [0.2, 0.25) is 5.91 Å². The number of rotatable bonds is 9. The number of amides is 1. The number of carbonyl (C=O) groups is 1. The van der Waals surface area contributed by atoms with Gasteiger partial charge in [-0.2, -0.15) is 0 Å². The van der Waals surface area contributed by atoms with E-state index in [0.717, 1.165) is 17.9 Å². The van der Waals surface area contributed by atoms with Gasteiger partial charge in [0.05, 0.1) is 13.2 Å². The Labute approximate surface area is 157 Å². The van der Waals surface area contributed by atoms with Crippen LogP contribution < -0.4 is 4.74 Å². The standard InChI is InChI=1S/C22H30N2O2/c1-5-26-21-13-11-20(12-14-21)15-23(4)22(25)17-24(18(2)3)16-19-9-7-6-8-10-19/h6-14,18H,5,15-17H2,1-4H3. The second-order valence-electron chi connectivity index (χ2n) is 6.81. The Morgan fingerprint density at radius 1 is 0.962 bits per heavy atom. The lowest BCUT2D eigenvalue weighted by Crippen LogP contribution is -2.41. The second-order valence-corrected chi connectivity index (χ2v) is 6.81. The lowest BCUT2D eigenvalue weighted by Gasteiger charge is -2.28. The summed E-state index contributed by atoms with van der Waals surface area (Å²) in [5.74, 6) is 0.989. The highest BCUT2D eigenvalue weighted by Gasteiger charge is 2.17. The van der Waals surface area contributed by atoms with Gasteiger partial charge in [-0.25, -0.2) is 0 Å². The maximum atomic E-state index is 12.7. The molecule has 2 rings (SSSR count). The van der Waals surface area contributed by atoms with Crippen molar-refractivity contribution < 1.29 is 9.53 Å². The Hall–Kier alpha value is -2.33. The summed E-state index contributed by atoms with van der Waals surface area (Å²) in [4.78, 5) is 16.7. The quantitative estimate of drug-likeness (QED) is 0.683. The van der Waals surface area contributed by atoms with E-state index >= 15 is 0 Å². The van der Waals surface area contributed by atoms with E-state index in [-0.39, 0.29) is 5.91 Å². The molecule has 0 aliphatic rings. The van der Waals surface area contributed by atoms with Crippen LogP contribution in [0.25, 0.3) is 0 Å². The summed E-state index contributed by atoms with van der Waals surface area (Å²) in [6.45, 7) is 8.68. The minimum atomic E-state index is 0.128. The highest BCUT2D eigenvalue weighted by molar-refractivity contribution is 5.78. The van der Waals surface area contributed by atoms with Crippen molar-refractivity contribution in [1.29, 1.82) is 0 Å². The predicted molar refractivity (Wildman–Crippen MR) is 106 cm³/mol. The van der Waals surface area contributed by atoms with Gasteiger partial charge < -0.3 is 9.64 Å². The van der Waals surface area contributed by atoms with E-state index in [0.29, 0.717) is 25.7 Å². The molecular formula is C22H30N2O2. The van der Waals surface area contributed by atoms with Crippen molar-refractivity contribution in [2.75, 3.05) is 20.2 Å². The highest BCUT2D eigenvalue weighted by Crippen LogP contribution is 2.14. The maximum absolute atomic E-state index is 12.7. The van der Waals surface area contributed by atoms with Crippen molar-refractivity contribution in [2.45, 2.75) is 39.9 Å².